The number of benzene rings is 2. The average Bonchev–Trinajstić information content (AvgIpc) is 3.04. The molecule has 0 atom stereocenters. The van der Waals surface area contributed by atoms with E-state index in [1.165, 1.54) is 17.6 Å². The lowest BCUT2D eigenvalue weighted by atomic mass is 10.3. The summed E-state index contributed by atoms with van der Waals surface area (Å²) in [4.78, 5) is 18.6. The first-order valence-corrected chi connectivity index (χ1v) is 12.8. The number of ether oxygens (including phenoxy) is 1. The highest BCUT2D eigenvalue weighted by Crippen LogP contribution is 2.23. The molecule has 30 heavy (non-hydrogen) atoms. The van der Waals surface area contributed by atoms with Crippen molar-refractivity contribution in [3.05, 3.63) is 59.9 Å². The summed E-state index contributed by atoms with van der Waals surface area (Å²) in [5.74, 6) is 1.18. The number of fused-ring (bicyclic) bond motifs is 1. The van der Waals surface area contributed by atoms with Crippen LogP contribution in [0.2, 0.25) is 0 Å². The topological polar surface area (TPSA) is 77.7 Å². The van der Waals surface area contributed by atoms with E-state index >= 15 is 0 Å². The van der Waals surface area contributed by atoms with Crippen molar-refractivity contribution in [1.29, 1.82) is 0 Å². The number of thioether (sulfide) groups is 1. The van der Waals surface area contributed by atoms with Crippen LogP contribution in [0, 0.1) is 0 Å². The van der Waals surface area contributed by atoms with Crippen molar-refractivity contribution in [3.8, 4) is 5.75 Å². The molecular formula is C21H22N2O4S3. The molecule has 1 aromatic heterocycles. The van der Waals surface area contributed by atoms with Gasteiger partial charge >= 0.3 is 0 Å². The first-order valence-electron chi connectivity index (χ1n) is 9.10. The van der Waals surface area contributed by atoms with Gasteiger partial charge in [-0.25, -0.2) is 8.42 Å². The number of rotatable bonds is 8. The Labute approximate surface area is 183 Å². The minimum atomic E-state index is -3.31. The molecule has 3 aromatic rings. The van der Waals surface area contributed by atoms with Gasteiger partial charge in [0.15, 0.2) is 14.6 Å². The number of nitrogens with zero attached hydrogens (tertiary/aromatic N) is 2. The van der Waals surface area contributed by atoms with E-state index in [1.807, 2.05) is 28.8 Å². The van der Waals surface area contributed by atoms with Crippen molar-refractivity contribution < 1.29 is 17.9 Å². The molecule has 0 aliphatic rings. The Morgan fingerprint density at radius 1 is 1.27 bits per heavy atom. The van der Waals surface area contributed by atoms with E-state index in [0.29, 0.717) is 23.5 Å². The number of sulfone groups is 1. The molecule has 1 heterocycles. The summed E-state index contributed by atoms with van der Waals surface area (Å²) >= 11 is 2.88. The fourth-order valence-corrected chi connectivity index (χ4v) is 5.42. The quantitative estimate of drug-likeness (QED) is 0.375. The zero-order chi connectivity index (χ0) is 21.7. The van der Waals surface area contributed by atoms with Gasteiger partial charge in [-0.3, -0.25) is 4.79 Å². The SMILES string of the molecule is C=CCn1c(=NC(=O)CCSc2ccc(OC)cc2)sc2cc(S(C)(=O)=O)ccc21. The van der Waals surface area contributed by atoms with Gasteiger partial charge in [-0.05, 0) is 42.5 Å². The predicted molar refractivity (Wildman–Crippen MR) is 122 cm³/mol. The third-order valence-corrected chi connectivity index (χ3v) is 7.42. The summed E-state index contributed by atoms with van der Waals surface area (Å²) in [6, 6.07) is 12.6. The van der Waals surface area contributed by atoms with E-state index in [1.54, 1.807) is 43.1 Å². The van der Waals surface area contributed by atoms with Gasteiger partial charge in [0.1, 0.15) is 5.75 Å². The Hall–Kier alpha value is -2.36. The van der Waals surface area contributed by atoms with Gasteiger partial charge in [0.25, 0.3) is 0 Å². The second kappa shape index (κ2) is 9.63. The number of hydrogen-bond donors (Lipinski definition) is 0. The summed E-state index contributed by atoms with van der Waals surface area (Å²) in [5.41, 5.74) is 0.825. The maximum atomic E-state index is 12.4. The van der Waals surface area contributed by atoms with Crippen molar-refractivity contribution in [3.63, 3.8) is 0 Å². The van der Waals surface area contributed by atoms with Crippen molar-refractivity contribution in [2.45, 2.75) is 22.8 Å². The summed E-state index contributed by atoms with van der Waals surface area (Å²) in [6.45, 7) is 4.24. The van der Waals surface area contributed by atoms with Crippen LogP contribution in [-0.4, -0.2) is 38.0 Å². The maximum absolute atomic E-state index is 12.4. The number of carbonyl (C=O) groups is 1. The standard InChI is InChI=1S/C21H22N2O4S3/c1-4-12-23-18-10-9-17(30(3,25)26)14-19(18)29-21(23)22-20(24)11-13-28-16-7-5-15(27-2)6-8-16/h4-10,14H,1,11-13H2,2-3H3. The lowest BCUT2D eigenvalue weighted by Crippen LogP contribution is -2.16. The summed E-state index contributed by atoms with van der Waals surface area (Å²) in [6.07, 6.45) is 3.20. The molecule has 0 fully saturated rings. The Bertz CT molecular complexity index is 1240. The van der Waals surface area contributed by atoms with Crippen LogP contribution in [0.25, 0.3) is 10.2 Å². The van der Waals surface area contributed by atoms with Crippen LogP contribution in [0.4, 0.5) is 0 Å². The molecular weight excluding hydrogens is 440 g/mol. The number of aromatic nitrogens is 1. The maximum Gasteiger partial charge on any atom is 0.249 e. The Balaban J connectivity index is 1.79. The lowest BCUT2D eigenvalue weighted by molar-refractivity contribution is -0.117. The molecule has 1 amide bonds. The Morgan fingerprint density at radius 3 is 2.63 bits per heavy atom. The van der Waals surface area contributed by atoms with Crippen LogP contribution in [0.5, 0.6) is 5.75 Å². The molecule has 0 saturated heterocycles. The van der Waals surface area contributed by atoms with Crippen LogP contribution in [-0.2, 0) is 21.2 Å². The summed E-state index contributed by atoms with van der Waals surface area (Å²) in [7, 11) is -1.69. The molecule has 0 aliphatic heterocycles. The van der Waals surface area contributed by atoms with Crippen LogP contribution < -0.4 is 9.54 Å². The molecule has 0 bridgehead atoms. The van der Waals surface area contributed by atoms with Crippen LogP contribution in [0.1, 0.15) is 6.42 Å². The largest absolute Gasteiger partial charge is 0.497 e. The second-order valence-corrected chi connectivity index (χ2v) is 10.7. The zero-order valence-electron chi connectivity index (χ0n) is 16.7. The number of allylic oxidation sites excluding steroid dienone is 1. The molecule has 6 nitrogen and oxygen atoms in total. The Morgan fingerprint density at radius 2 is 2.00 bits per heavy atom. The minimum absolute atomic E-state index is 0.219. The minimum Gasteiger partial charge on any atom is -0.497 e. The predicted octanol–water partition coefficient (Wildman–Crippen LogP) is 3.91. The fourth-order valence-electron chi connectivity index (χ4n) is 2.77. The van der Waals surface area contributed by atoms with E-state index in [-0.39, 0.29) is 10.8 Å². The Kier molecular flexibility index (Phi) is 7.17. The zero-order valence-corrected chi connectivity index (χ0v) is 19.1. The molecule has 0 spiro atoms. The summed E-state index contributed by atoms with van der Waals surface area (Å²) in [5, 5.41) is 0. The molecule has 0 N–H and O–H groups in total. The van der Waals surface area contributed by atoms with Crippen LogP contribution >= 0.6 is 23.1 Å². The van der Waals surface area contributed by atoms with Crippen molar-refractivity contribution in [2.24, 2.45) is 4.99 Å². The smallest absolute Gasteiger partial charge is 0.249 e. The highest BCUT2D eigenvalue weighted by atomic mass is 32.2. The van der Waals surface area contributed by atoms with E-state index < -0.39 is 9.84 Å². The van der Waals surface area contributed by atoms with E-state index in [4.69, 9.17) is 4.74 Å². The van der Waals surface area contributed by atoms with Crippen molar-refractivity contribution in [1.82, 2.24) is 4.57 Å². The molecule has 9 heteroatoms. The third-order valence-electron chi connectivity index (χ3n) is 4.26. The van der Waals surface area contributed by atoms with E-state index in [2.05, 4.69) is 11.6 Å². The normalized spacial score (nSPS) is 12.3. The fraction of sp³-hybridized carbons (Fsp3) is 0.238. The van der Waals surface area contributed by atoms with Gasteiger partial charge in [-0.1, -0.05) is 17.4 Å². The van der Waals surface area contributed by atoms with E-state index in [0.717, 1.165) is 20.9 Å². The second-order valence-electron chi connectivity index (χ2n) is 6.47. The van der Waals surface area contributed by atoms with Crippen LogP contribution in [0.15, 0.2) is 69.9 Å². The number of thiazole rings is 1. The number of carbonyl (C=O) groups excluding carboxylic acids is 1. The summed E-state index contributed by atoms with van der Waals surface area (Å²) < 4.78 is 31.4. The van der Waals surface area contributed by atoms with Crippen molar-refractivity contribution in [2.75, 3.05) is 19.1 Å². The molecule has 0 aliphatic carbocycles. The molecule has 158 valence electrons. The molecule has 0 unspecified atom stereocenters. The van der Waals surface area contributed by atoms with Crippen LogP contribution in [0.3, 0.4) is 0 Å². The first kappa shape index (κ1) is 22.3. The van der Waals surface area contributed by atoms with Crippen molar-refractivity contribution >= 4 is 49.1 Å². The monoisotopic (exact) mass is 462 g/mol. The van der Waals surface area contributed by atoms with Gasteiger partial charge in [-0.15, -0.1) is 18.3 Å². The molecule has 0 radical (unpaired) electrons. The molecule has 2 aromatic carbocycles. The third kappa shape index (κ3) is 5.41. The lowest BCUT2D eigenvalue weighted by Gasteiger charge is -2.03. The van der Waals surface area contributed by atoms with Gasteiger partial charge in [0, 0.05) is 29.9 Å². The van der Waals surface area contributed by atoms with Gasteiger partial charge in [0.05, 0.1) is 22.2 Å². The number of amides is 1. The first-order chi connectivity index (χ1) is 14.3. The molecule has 3 rings (SSSR count). The molecule has 0 saturated carbocycles. The van der Waals surface area contributed by atoms with Gasteiger partial charge in [0.2, 0.25) is 5.91 Å². The van der Waals surface area contributed by atoms with E-state index in [9.17, 15) is 13.2 Å². The highest BCUT2D eigenvalue weighted by Gasteiger charge is 2.12. The number of methoxy groups -OCH3 is 1. The van der Waals surface area contributed by atoms with Gasteiger partial charge in [-0.2, -0.15) is 4.99 Å². The van der Waals surface area contributed by atoms with Gasteiger partial charge < -0.3 is 9.30 Å². The number of hydrogen-bond acceptors (Lipinski definition) is 6. The average molecular weight is 463 g/mol. The highest BCUT2D eigenvalue weighted by molar-refractivity contribution is 7.99.